The van der Waals surface area contributed by atoms with E-state index in [2.05, 4.69) is 21.8 Å². The van der Waals surface area contributed by atoms with E-state index in [1.54, 1.807) is 30.5 Å². The maximum atomic E-state index is 13.9. The Morgan fingerprint density at radius 1 is 1.16 bits per heavy atom. The van der Waals surface area contributed by atoms with Crippen LogP contribution in [0, 0.1) is 11.6 Å². The van der Waals surface area contributed by atoms with E-state index in [4.69, 9.17) is 14.5 Å². The molecule has 1 N–H and O–H groups in total. The van der Waals surface area contributed by atoms with Crippen LogP contribution in [0.5, 0.6) is 11.6 Å². The van der Waals surface area contributed by atoms with Gasteiger partial charge in [-0.15, -0.1) is 0 Å². The number of benzene rings is 2. The van der Waals surface area contributed by atoms with E-state index in [1.165, 1.54) is 6.07 Å². The predicted octanol–water partition coefficient (Wildman–Crippen LogP) is 4.33. The molecule has 43 heavy (non-hydrogen) atoms. The highest BCUT2D eigenvalue weighted by Crippen LogP contribution is 2.29. The smallest absolute Gasteiger partial charge is 0.335 e. The molecule has 0 aliphatic carbocycles. The highest BCUT2D eigenvalue weighted by Gasteiger charge is 2.35. The number of aromatic carboxylic acids is 1. The van der Waals surface area contributed by atoms with Gasteiger partial charge in [-0.1, -0.05) is 0 Å². The topological polar surface area (TPSA) is 126 Å². The van der Waals surface area contributed by atoms with Crippen LogP contribution >= 0.6 is 0 Å². The predicted molar refractivity (Wildman–Crippen MR) is 154 cm³/mol. The second-order valence-corrected chi connectivity index (χ2v) is 12.7. The number of imidazole rings is 1. The van der Waals surface area contributed by atoms with Crippen LogP contribution in [0.3, 0.4) is 0 Å². The van der Waals surface area contributed by atoms with Gasteiger partial charge < -0.3 is 23.7 Å². The fourth-order valence-electron chi connectivity index (χ4n) is 5.51. The molecule has 0 amide bonds. The Morgan fingerprint density at radius 2 is 2.02 bits per heavy atom. The number of carboxylic acids is 1. The molecule has 10 nitrogen and oxygen atoms in total. The Hall–Kier alpha value is -3.81. The first-order chi connectivity index (χ1) is 20.7. The number of aromatic nitrogens is 4. The molecule has 0 radical (unpaired) electrons. The molecule has 6 rings (SSSR count). The van der Waals surface area contributed by atoms with Gasteiger partial charge in [-0.25, -0.2) is 23.5 Å². The lowest BCUT2D eigenvalue weighted by molar-refractivity contribution is 0.0536. The summed E-state index contributed by atoms with van der Waals surface area (Å²) in [7, 11) is 0. The quantitative estimate of drug-likeness (QED) is 0.261. The third kappa shape index (κ3) is 6.58. The Bertz CT molecular complexity index is 1640. The summed E-state index contributed by atoms with van der Waals surface area (Å²) in [5, 5.41) is 9.56. The maximum absolute atomic E-state index is 13.9. The van der Waals surface area contributed by atoms with Crippen molar-refractivity contribution in [1.82, 2.24) is 24.4 Å². The summed E-state index contributed by atoms with van der Waals surface area (Å²) in [4.78, 5) is 27.4. The molecule has 2 aromatic heterocycles. The van der Waals surface area contributed by atoms with Gasteiger partial charge in [0.05, 0.1) is 29.7 Å². The Kier molecular flexibility index (Phi) is 8.46. The van der Waals surface area contributed by atoms with Crippen LogP contribution in [0.2, 0.25) is 0 Å². The van der Waals surface area contributed by atoms with Crippen LogP contribution in [0.15, 0.2) is 48.7 Å². The third-order valence-corrected chi connectivity index (χ3v) is 9.77. The lowest BCUT2D eigenvalue weighted by Gasteiger charge is -2.37. The van der Waals surface area contributed by atoms with Gasteiger partial charge in [0, 0.05) is 37.3 Å². The fraction of sp³-hybridized carbons (Fsp3) is 0.400. The number of carboxylic acid groups (broad SMARTS) is 1. The van der Waals surface area contributed by atoms with Crippen molar-refractivity contribution in [1.29, 1.82) is 0 Å². The standard InChI is InChI=1S/C30H31F2N5O5S/c1-18-12-21(42-29-6-9-33-27(35-29)17-41-26-5-3-20(31)14-23(26)32)7-10-36(18)16-28-34-24-4-2-19(30(38)39)13-25(24)37(28)15-22-8-11-43(22)40/h2-6,9,13-14,18,21-22H,7-8,10-12,15-17H2,1H3,(H,38,39)/t18-,21?,22-,43?/m0/s1. The summed E-state index contributed by atoms with van der Waals surface area (Å²) in [6.45, 7) is 3.89. The Morgan fingerprint density at radius 3 is 2.74 bits per heavy atom. The number of nitrogens with zero attached hydrogens (tertiary/aromatic N) is 5. The average molecular weight is 612 g/mol. The van der Waals surface area contributed by atoms with E-state index in [-0.39, 0.29) is 35.3 Å². The molecule has 4 aromatic rings. The molecule has 2 unspecified atom stereocenters. The van der Waals surface area contributed by atoms with Crippen molar-refractivity contribution in [2.24, 2.45) is 0 Å². The van der Waals surface area contributed by atoms with Crippen LogP contribution in [0.1, 0.15) is 48.2 Å². The number of halogens is 2. The zero-order chi connectivity index (χ0) is 30.1. The first-order valence-electron chi connectivity index (χ1n) is 14.1. The zero-order valence-corrected chi connectivity index (χ0v) is 24.3. The first-order valence-corrected chi connectivity index (χ1v) is 15.5. The largest absolute Gasteiger partial charge is 0.616 e. The number of fused-ring (bicyclic) bond motifs is 1. The number of rotatable bonds is 10. The molecule has 4 atom stereocenters. The summed E-state index contributed by atoms with van der Waals surface area (Å²) < 4.78 is 52.9. The second-order valence-electron chi connectivity index (χ2n) is 10.9. The lowest BCUT2D eigenvalue weighted by Crippen LogP contribution is -2.45. The van der Waals surface area contributed by atoms with Crippen molar-refractivity contribution >= 4 is 28.2 Å². The molecule has 4 heterocycles. The van der Waals surface area contributed by atoms with Crippen LogP contribution in [-0.2, 0) is 30.9 Å². The van der Waals surface area contributed by atoms with Gasteiger partial charge in [0.25, 0.3) is 0 Å². The molecule has 0 bridgehead atoms. The molecule has 0 spiro atoms. The molecule has 226 valence electrons. The minimum Gasteiger partial charge on any atom is -0.616 e. The van der Waals surface area contributed by atoms with Crippen LogP contribution in [0.4, 0.5) is 8.78 Å². The highest BCUT2D eigenvalue weighted by molar-refractivity contribution is 7.93. The number of hydrogen-bond acceptors (Lipinski definition) is 8. The van der Waals surface area contributed by atoms with Crippen molar-refractivity contribution < 1.29 is 32.7 Å². The molecule has 2 aromatic carbocycles. The lowest BCUT2D eigenvalue weighted by atomic mass is 10.0. The van der Waals surface area contributed by atoms with Gasteiger partial charge >= 0.3 is 5.97 Å². The summed E-state index contributed by atoms with van der Waals surface area (Å²) >= 11 is -0.876. The third-order valence-electron chi connectivity index (χ3n) is 8.00. The van der Waals surface area contributed by atoms with Crippen LogP contribution in [0.25, 0.3) is 11.0 Å². The molecule has 0 saturated carbocycles. The van der Waals surface area contributed by atoms with E-state index >= 15 is 0 Å². The van der Waals surface area contributed by atoms with E-state index in [0.29, 0.717) is 30.5 Å². The average Bonchev–Trinajstić information content (AvgIpc) is 3.32. The number of carbonyl (C=O) groups is 1. The van der Waals surface area contributed by atoms with Crippen molar-refractivity contribution in [2.75, 3.05) is 12.3 Å². The van der Waals surface area contributed by atoms with Crippen LogP contribution < -0.4 is 9.47 Å². The van der Waals surface area contributed by atoms with Gasteiger partial charge in [-0.05, 0) is 61.3 Å². The minimum atomic E-state index is -0.996. The molecule has 2 saturated heterocycles. The summed E-state index contributed by atoms with van der Waals surface area (Å²) in [6.07, 6.45) is 3.84. The Balaban J connectivity index is 1.10. The number of likely N-dealkylation sites (tertiary alicyclic amines) is 1. The van der Waals surface area contributed by atoms with Crippen molar-refractivity contribution in [2.45, 2.75) is 63.3 Å². The first kappa shape index (κ1) is 29.3. The van der Waals surface area contributed by atoms with Gasteiger partial charge in [0.15, 0.2) is 17.4 Å². The molecule has 2 fully saturated rings. The van der Waals surface area contributed by atoms with E-state index in [1.807, 2.05) is 4.57 Å². The highest BCUT2D eigenvalue weighted by atomic mass is 32.2. The molecular formula is C30H31F2N5O5S. The SMILES string of the molecule is C[C@H]1CC(Oc2ccnc(COc3ccc(F)cc3F)n2)CCN1Cc1nc2ccc(C(=O)O)cc2n1C[C@@H]1CC[S+]1[O-]. The second kappa shape index (κ2) is 12.4. The van der Waals surface area contributed by atoms with Gasteiger partial charge in [0.2, 0.25) is 5.88 Å². The minimum absolute atomic E-state index is 0.0408. The number of piperidine rings is 1. The molecule has 2 aliphatic rings. The van der Waals surface area contributed by atoms with E-state index < -0.39 is 28.8 Å². The fourth-order valence-corrected chi connectivity index (χ4v) is 6.59. The van der Waals surface area contributed by atoms with Crippen molar-refractivity contribution in [3.8, 4) is 11.6 Å². The summed E-state index contributed by atoms with van der Waals surface area (Å²) in [5.74, 6) is -0.343. The van der Waals surface area contributed by atoms with Crippen molar-refractivity contribution in [3.05, 3.63) is 77.5 Å². The molecule has 2 aliphatic heterocycles. The maximum Gasteiger partial charge on any atom is 0.335 e. The monoisotopic (exact) mass is 611 g/mol. The van der Waals surface area contributed by atoms with E-state index in [0.717, 1.165) is 54.8 Å². The van der Waals surface area contributed by atoms with Crippen LogP contribution in [-0.4, -0.2) is 69.7 Å². The van der Waals surface area contributed by atoms with Crippen molar-refractivity contribution in [3.63, 3.8) is 0 Å². The number of ether oxygens (including phenoxy) is 2. The van der Waals surface area contributed by atoms with Gasteiger partial charge in [0.1, 0.15) is 35.4 Å². The Labute approximate surface area is 249 Å². The number of hydrogen-bond donors (Lipinski definition) is 1. The zero-order valence-electron chi connectivity index (χ0n) is 23.5. The molecule has 13 heteroatoms. The van der Waals surface area contributed by atoms with Gasteiger partial charge in [-0.2, -0.15) is 4.98 Å². The van der Waals surface area contributed by atoms with E-state index in [9.17, 15) is 23.2 Å². The summed E-state index contributed by atoms with van der Waals surface area (Å²) in [6, 6.07) is 9.86. The normalized spacial score (nSPS) is 22.3. The summed E-state index contributed by atoms with van der Waals surface area (Å²) in [5.41, 5.74) is 1.67. The van der Waals surface area contributed by atoms with Gasteiger partial charge in [-0.3, -0.25) is 4.90 Å². The molecular weight excluding hydrogens is 580 g/mol.